The van der Waals surface area contributed by atoms with Gasteiger partial charge in [0.05, 0.1) is 5.60 Å². The Morgan fingerprint density at radius 3 is 1.42 bits per heavy atom. The second kappa shape index (κ2) is 13.1. The lowest BCUT2D eigenvalue weighted by Gasteiger charge is -2.14. The number of carbonyl (C=O) groups excluding carboxylic acids is 1. The van der Waals surface area contributed by atoms with E-state index in [4.69, 9.17) is 9.53 Å². The summed E-state index contributed by atoms with van der Waals surface area (Å²) in [6.45, 7) is 10.1. The predicted molar refractivity (Wildman–Crippen MR) is 53.2 cm³/mol. The maximum absolute atomic E-state index is 9.06. The Morgan fingerprint density at radius 1 is 1.25 bits per heavy atom. The molecule has 76 valence electrons. The first-order valence-corrected chi connectivity index (χ1v) is 4.14. The van der Waals surface area contributed by atoms with Crippen LogP contribution in [0.2, 0.25) is 0 Å². The van der Waals surface area contributed by atoms with Crippen LogP contribution in [0.5, 0.6) is 0 Å². The Balaban J connectivity index is -0.000000118. The number of hydrogen-bond acceptors (Lipinski definition) is 2. The molecule has 0 fully saturated rings. The van der Waals surface area contributed by atoms with Gasteiger partial charge in [0, 0.05) is 14.2 Å². The highest BCUT2D eigenvalue weighted by atomic mass is 16.5. The van der Waals surface area contributed by atoms with Gasteiger partial charge in [-0.2, -0.15) is 0 Å². The molecule has 3 nitrogen and oxygen atoms in total. The third kappa shape index (κ3) is 57.0. The summed E-state index contributed by atoms with van der Waals surface area (Å²) in [7, 11) is 3.27. The molecule has 0 atom stereocenters. The van der Waals surface area contributed by atoms with Crippen molar-refractivity contribution in [1.29, 1.82) is 0 Å². The molecule has 0 aromatic carbocycles. The first-order valence-electron chi connectivity index (χ1n) is 4.14. The van der Waals surface area contributed by atoms with E-state index in [1.807, 2.05) is 34.6 Å². The van der Waals surface area contributed by atoms with E-state index in [-0.39, 0.29) is 5.60 Å². The van der Waals surface area contributed by atoms with Crippen LogP contribution < -0.4 is 5.32 Å². The Morgan fingerprint density at radius 2 is 1.42 bits per heavy atom. The molecule has 12 heavy (non-hydrogen) atoms. The van der Waals surface area contributed by atoms with Crippen molar-refractivity contribution in [2.45, 2.75) is 40.2 Å². The molecule has 0 heterocycles. The molecule has 0 bridgehead atoms. The second-order valence-electron chi connectivity index (χ2n) is 2.72. The molecule has 3 heteroatoms. The summed E-state index contributed by atoms with van der Waals surface area (Å²) in [6, 6.07) is 0. The van der Waals surface area contributed by atoms with Crippen molar-refractivity contribution in [3.63, 3.8) is 0 Å². The van der Waals surface area contributed by atoms with Crippen molar-refractivity contribution in [2.24, 2.45) is 0 Å². The van der Waals surface area contributed by atoms with E-state index in [9.17, 15) is 0 Å². The van der Waals surface area contributed by atoms with Gasteiger partial charge < -0.3 is 10.1 Å². The highest BCUT2D eigenvalue weighted by Gasteiger charge is 2.03. The van der Waals surface area contributed by atoms with E-state index < -0.39 is 0 Å². The van der Waals surface area contributed by atoms with Gasteiger partial charge in [0.2, 0.25) is 6.41 Å². The van der Waals surface area contributed by atoms with Crippen molar-refractivity contribution in [3.8, 4) is 0 Å². The maximum atomic E-state index is 9.06. The summed E-state index contributed by atoms with van der Waals surface area (Å²) in [6.07, 6.45) is 0.625. The lowest BCUT2D eigenvalue weighted by atomic mass is 10.2. The van der Waals surface area contributed by atoms with E-state index >= 15 is 0 Å². The van der Waals surface area contributed by atoms with E-state index in [0.717, 1.165) is 0 Å². The Bertz CT molecular complexity index is 77.1. The topological polar surface area (TPSA) is 38.3 Å². The first kappa shape index (κ1) is 17.5. The smallest absolute Gasteiger partial charge is 0.206 e. The molecule has 0 aliphatic heterocycles. The normalized spacial score (nSPS) is 8.25. The largest absolute Gasteiger partial charge is 0.379 e. The SMILES string of the molecule is CC.CNC=O.COC(C)(C)C. The zero-order valence-electron chi connectivity index (χ0n) is 9.39. The van der Waals surface area contributed by atoms with Crippen LogP contribution in [0, 0.1) is 0 Å². The molecule has 0 rings (SSSR count). The van der Waals surface area contributed by atoms with Crippen LogP contribution in [0.25, 0.3) is 0 Å². The van der Waals surface area contributed by atoms with Gasteiger partial charge in [-0.05, 0) is 20.8 Å². The molecule has 0 aromatic heterocycles. The van der Waals surface area contributed by atoms with Crippen molar-refractivity contribution in [1.82, 2.24) is 5.32 Å². The van der Waals surface area contributed by atoms with Gasteiger partial charge in [-0.25, -0.2) is 0 Å². The van der Waals surface area contributed by atoms with Crippen molar-refractivity contribution in [2.75, 3.05) is 14.2 Å². The van der Waals surface area contributed by atoms with Crippen LogP contribution in [-0.2, 0) is 9.53 Å². The molecule has 0 saturated heterocycles. The summed E-state index contributed by atoms with van der Waals surface area (Å²) in [5, 5.41) is 2.25. The van der Waals surface area contributed by atoms with Gasteiger partial charge in [0.25, 0.3) is 0 Å². The van der Waals surface area contributed by atoms with E-state index in [2.05, 4.69) is 5.32 Å². The quantitative estimate of drug-likeness (QED) is 0.620. The molecule has 0 aromatic rings. The third-order valence-corrected chi connectivity index (χ3v) is 0.730. The molecule has 0 aliphatic carbocycles. The summed E-state index contributed by atoms with van der Waals surface area (Å²) in [4.78, 5) is 9.06. The maximum Gasteiger partial charge on any atom is 0.206 e. The van der Waals surface area contributed by atoms with Gasteiger partial charge in [-0.15, -0.1) is 0 Å². The summed E-state index contributed by atoms with van der Waals surface area (Å²) >= 11 is 0. The summed E-state index contributed by atoms with van der Waals surface area (Å²) in [5.41, 5.74) is 0.0417. The van der Waals surface area contributed by atoms with Crippen LogP contribution in [0.1, 0.15) is 34.6 Å². The van der Waals surface area contributed by atoms with E-state index in [0.29, 0.717) is 6.41 Å². The summed E-state index contributed by atoms with van der Waals surface area (Å²) < 4.78 is 4.94. The van der Waals surface area contributed by atoms with Gasteiger partial charge in [0.1, 0.15) is 0 Å². The van der Waals surface area contributed by atoms with Gasteiger partial charge in [-0.1, -0.05) is 13.8 Å². The van der Waals surface area contributed by atoms with Crippen LogP contribution in [0.3, 0.4) is 0 Å². The zero-order valence-corrected chi connectivity index (χ0v) is 9.39. The molecule has 0 aliphatic rings. The van der Waals surface area contributed by atoms with Gasteiger partial charge in [-0.3, -0.25) is 4.79 Å². The van der Waals surface area contributed by atoms with Gasteiger partial charge >= 0.3 is 0 Å². The number of nitrogens with one attached hydrogen (secondary N) is 1. The fraction of sp³-hybridized carbons (Fsp3) is 0.889. The minimum Gasteiger partial charge on any atom is -0.379 e. The minimum atomic E-state index is 0.0417. The lowest BCUT2D eigenvalue weighted by Crippen LogP contribution is -2.15. The predicted octanol–water partition coefficient (Wildman–Crippen LogP) is 1.82. The minimum absolute atomic E-state index is 0.0417. The highest BCUT2D eigenvalue weighted by molar-refractivity contribution is 5.44. The van der Waals surface area contributed by atoms with Crippen LogP contribution in [0.15, 0.2) is 0 Å². The molecule has 0 spiro atoms. The van der Waals surface area contributed by atoms with E-state index in [1.165, 1.54) is 0 Å². The third-order valence-electron chi connectivity index (χ3n) is 0.730. The Labute approximate surface area is 76.5 Å². The Kier molecular flexibility index (Phi) is 19.0. The van der Waals surface area contributed by atoms with Crippen molar-refractivity contribution < 1.29 is 9.53 Å². The lowest BCUT2D eigenvalue weighted by molar-refractivity contribution is -0.109. The molecule has 1 amide bonds. The molecule has 0 radical (unpaired) electrons. The molecule has 0 saturated carbocycles. The molecule has 1 N–H and O–H groups in total. The van der Waals surface area contributed by atoms with Crippen LogP contribution >= 0.6 is 0 Å². The Hall–Kier alpha value is -0.570. The number of hydrogen-bond donors (Lipinski definition) is 1. The number of methoxy groups -OCH3 is 1. The fourth-order valence-corrected chi connectivity index (χ4v) is 0. The van der Waals surface area contributed by atoms with E-state index in [1.54, 1.807) is 14.2 Å². The number of rotatable bonds is 1. The molecular formula is C9H23NO2. The molecule has 0 unspecified atom stereocenters. The van der Waals surface area contributed by atoms with Crippen molar-refractivity contribution >= 4 is 6.41 Å². The highest BCUT2D eigenvalue weighted by Crippen LogP contribution is 2.02. The first-order chi connectivity index (χ1) is 5.47. The summed E-state index contributed by atoms with van der Waals surface area (Å²) in [5.74, 6) is 0. The van der Waals surface area contributed by atoms with Crippen LogP contribution in [-0.4, -0.2) is 26.2 Å². The van der Waals surface area contributed by atoms with Gasteiger partial charge in [0.15, 0.2) is 0 Å². The number of carbonyl (C=O) groups is 1. The number of amides is 1. The average molecular weight is 177 g/mol. The average Bonchev–Trinajstić information content (AvgIpc) is 2.07. The monoisotopic (exact) mass is 177 g/mol. The fourth-order valence-electron chi connectivity index (χ4n) is 0. The standard InChI is InChI=1S/C5H12O.C2H5NO.C2H6/c1-5(2,3)6-4;1-3-2-4;1-2/h1-4H3;2H,1H3,(H,3,4);1-2H3. The number of ether oxygens (including phenoxy) is 1. The molecular weight excluding hydrogens is 154 g/mol. The second-order valence-corrected chi connectivity index (χ2v) is 2.72. The van der Waals surface area contributed by atoms with Crippen LogP contribution in [0.4, 0.5) is 0 Å². The zero-order chi connectivity index (χ0) is 10.6. The van der Waals surface area contributed by atoms with Crippen molar-refractivity contribution in [3.05, 3.63) is 0 Å².